The van der Waals surface area contributed by atoms with Crippen molar-refractivity contribution in [3.63, 3.8) is 0 Å². The van der Waals surface area contributed by atoms with Gasteiger partial charge >= 0.3 is 5.97 Å². The van der Waals surface area contributed by atoms with E-state index in [1.54, 1.807) is 0 Å². The van der Waals surface area contributed by atoms with E-state index in [0.29, 0.717) is 10.2 Å². The number of thiophene rings is 1. The van der Waals surface area contributed by atoms with Crippen molar-refractivity contribution >= 4 is 27.5 Å². The van der Waals surface area contributed by atoms with Crippen molar-refractivity contribution < 1.29 is 9.90 Å². The minimum Gasteiger partial charge on any atom is -0.481 e. The molecule has 6 heteroatoms. The first kappa shape index (κ1) is 17.2. The summed E-state index contributed by atoms with van der Waals surface area (Å²) in [6.07, 6.45) is 1.31. The molecule has 0 aliphatic heterocycles. The number of carbonyl (C=O) groups is 1. The van der Waals surface area contributed by atoms with Gasteiger partial charge < -0.3 is 5.11 Å². The number of aliphatic carboxylic acids is 1. The zero-order valence-electron chi connectivity index (χ0n) is 14.3. The van der Waals surface area contributed by atoms with Crippen LogP contribution in [-0.4, -0.2) is 20.6 Å². The molecule has 5 nitrogen and oxygen atoms in total. The molecule has 0 saturated carbocycles. The smallest absolute Gasteiger partial charge is 0.305 e. The summed E-state index contributed by atoms with van der Waals surface area (Å²) in [5, 5.41) is 11.3. The lowest BCUT2D eigenvalue weighted by molar-refractivity contribution is -0.137. The molecule has 0 aliphatic rings. The van der Waals surface area contributed by atoms with Crippen LogP contribution >= 0.6 is 11.3 Å². The molecule has 0 bridgehead atoms. The lowest BCUT2D eigenvalue weighted by Gasteiger charge is -2.06. The molecule has 134 valence electrons. The molecule has 2 aromatic carbocycles. The highest BCUT2D eigenvalue weighted by Gasteiger charge is 2.14. The molecule has 0 amide bonds. The van der Waals surface area contributed by atoms with Gasteiger partial charge in [-0.1, -0.05) is 54.6 Å². The van der Waals surface area contributed by atoms with E-state index in [9.17, 15) is 9.59 Å². The van der Waals surface area contributed by atoms with Gasteiger partial charge in [0.15, 0.2) is 0 Å². The summed E-state index contributed by atoms with van der Waals surface area (Å²) in [6.45, 7) is 0.110. The molecule has 1 N–H and O–H groups in total. The Bertz CT molecular complexity index is 1160. The van der Waals surface area contributed by atoms with Crippen molar-refractivity contribution in [3.8, 4) is 22.3 Å². The third-order valence-corrected chi connectivity index (χ3v) is 5.32. The molecule has 0 atom stereocenters. The van der Waals surface area contributed by atoms with Crippen molar-refractivity contribution in [1.29, 1.82) is 0 Å². The van der Waals surface area contributed by atoms with Gasteiger partial charge in [0.05, 0.1) is 18.1 Å². The second-order valence-electron chi connectivity index (χ2n) is 6.16. The number of aromatic nitrogens is 2. The fraction of sp³-hybridized carbons (Fsp3) is 0.0952. The monoisotopic (exact) mass is 376 g/mol. The quantitative estimate of drug-likeness (QED) is 0.565. The Morgan fingerprint density at radius 2 is 1.67 bits per heavy atom. The molecule has 2 heterocycles. The van der Waals surface area contributed by atoms with Crippen molar-refractivity contribution in [2.24, 2.45) is 0 Å². The maximum atomic E-state index is 12.8. The topological polar surface area (TPSA) is 72.2 Å². The van der Waals surface area contributed by atoms with E-state index in [1.807, 2.05) is 47.8 Å². The number of rotatable bonds is 5. The van der Waals surface area contributed by atoms with E-state index in [2.05, 4.69) is 17.1 Å². The van der Waals surface area contributed by atoms with Crippen molar-refractivity contribution in [1.82, 2.24) is 9.55 Å². The van der Waals surface area contributed by atoms with Crippen molar-refractivity contribution in [3.05, 3.63) is 76.7 Å². The lowest BCUT2D eigenvalue weighted by Crippen LogP contribution is -2.21. The Balaban J connectivity index is 1.74. The number of hydrogen-bond acceptors (Lipinski definition) is 4. The number of benzene rings is 2. The summed E-state index contributed by atoms with van der Waals surface area (Å²) in [4.78, 5) is 28.6. The number of carboxylic acids is 1. The molecule has 4 rings (SSSR count). The van der Waals surface area contributed by atoms with Gasteiger partial charge in [-0.2, -0.15) is 0 Å². The predicted molar refractivity (Wildman–Crippen MR) is 107 cm³/mol. The lowest BCUT2D eigenvalue weighted by atomic mass is 10.0. The number of carboxylic acid groups (broad SMARTS) is 1. The Morgan fingerprint density at radius 1 is 1.00 bits per heavy atom. The standard InChI is InChI=1S/C21H16N2O3S/c24-18(25)10-11-23-13-22-20-19(21(23)26)17(12-27-20)16-8-6-15(7-9-16)14-4-2-1-3-5-14/h1-9,12-13H,10-11H2,(H,24,25). The third kappa shape index (κ3) is 3.39. The van der Waals surface area contributed by atoms with E-state index in [4.69, 9.17) is 5.11 Å². The highest BCUT2D eigenvalue weighted by Crippen LogP contribution is 2.32. The van der Waals surface area contributed by atoms with Crippen LogP contribution < -0.4 is 5.56 Å². The largest absolute Gasteiger partial charge is 0.481 e. The van der Waals surface area contributed by atoms with Crippen LogP contribution in [0.2, 0.25) is 0 Å². The second-order valence-corrected chi connectivity index (χ2v) is 7.02. The van der Waals surface area contributed by atoms with Crippen molar-refractivity contribution in [2.45, 2.75) is 13.0 Å². The van der Waals surface area contributed by atoms with Gasteiger partial charge in [-0.25, -0.2) is 4.98 Å². The summed E-state index contributed by atoms with van der Waals surface area (Å²) in [5.41, 5.74) is 3.81. The summed E-state index contributed by atoms with van der Waals surface area (Å²) < 4.78 is 1.37. The Labute approximate surface area is 159 Å². The van der Waals surface area contributed by atoms with Crippen LogP contribution in [0, 0.1) is 0 Å². The van der Waals surface area contributed by atoms with Crippen LogP contribution in [0.5, 0.6) is 0 Å². The molecular formula is C21H16N2O3S. The molecule has 0 fully saturated rings. The molecule has 0 aliphatic carbocycles. The highest BCUT2D eigenvalue weighted by molar-refractivity contribution is 7.17. The molecule has 0 saturated heterocycles. The van der Waals surface area contributed by atoms with E-state index < -0.39 is 5.97 Å². The zero-order chi connectivity index (χ0) is 18.8. The number of fused-ring (bicyclic) bond motifs is 1. The van der Waals surface area contributed by atoms with Crippen LogP contribution in [-0.2, 0) is 11.3 Å². The first-order valence-corrected chi connectivity index (χ1v) is 9.36. The minimum atomic E-state index is -0.941. The predicted octanol–water partition coefficient (Wildman–Crippen LogP) is 4.27. The van der Waals surface area contributed by atoms with E-state index in [1.165, 1.54) is 22.2 Å². The maximum absolute atomic E-state index is 12.8. The fourth-order valence-corrected chi connectivity index (χ4v) is 3.93. The minimum absolute atomic E-state index is 0.110. The summed E-state index contributed by atoms with van der Waals surface area (Å²) in [7, 11) is 0. The van der Waals surface area contributed by atoms with Crippen LogP contribution in [0.15, 0.2) is 71.1 Å². The van der Waals surface area contributed by atoms with Gasteiger partial charge in [0.1, 0.15) is 4.83 Å². The Morgan fingerprint density at radius 3 is 2.37 bits per heavy atom. The van der Waals surface area contributed by atoms with Gasteiger partial charge in [-0.15, -0.1) is 11.3 Å². The molecule has 0 radical (unpaired) electrons. The van der Waals surface area contributed by atoms with E-state index >= 15 is 0 Å². The Kier molecular flexibility index (Phi) is 4.56. The summed E-state index contributed by atoms with van der Waals surface area (Å²) in [6, 6.07) is 18.2. The van der Waals surface area contributed by atoms with E-state index in [0.717, 1.165) is 22.3 Å². The summed E-state index contributed by atoms with van der Waals surface area (Å²) >= 11 is 1.42. The average molecular weight is 376 g/mol. The molecule has 27 heavy (non-hydrogen) atoms. The molecular weight excluding hydrogens is 360 g/mol. The van der Waals surface area contributed by atoms with Crippen LogP contribution in [0.25, 0.3) is 32.5 Å². The van der Waals surface area contributed by atoms with Crippen LogP contribution in [0.3, 0.4) is 0 Å². The average Bonchev–Trinajstić information content (AvgIpc) is 3.13. The zero-order valence-corrected chi connectivity index (χ0v) is 15.1. The van der Waals surface area contributed by atoms with Gasteiger partial charge in [0.2, 0.25) is 0 Å². The normalized spacial score (nSPS) is 11.0. The third-order valence-electron chi connectivity index (χ3n) is 4.43. The molecule has 0 spiro atoms. The summed E-state index contributed by atoms with van der Waals surface area (Å²) in [5.74, 6) is -0.941. The first-order chi connectivity index (χ1) is 13.1. The number of aryl methyl sites for hydroxylation is 1. The fourth-order valence-electron chi connectivity index (χ4n) is 3.03. The Hall–Kier alpha value is -3.25. The second kappa shape index (κ2) is 7.17. The van der Waals surface area contributed by atoms with E-state index in [-0.39, 0.29) is 18.5 Å². The maximum Gasteiger partial charge on any atom is 0.305 e. The molecule has 2 aromatic heterocycles. The number of hydrogen-bond donors (Lipinski definition) is 1. The molecule has 4 aromatic rings. The number of nitrogens with zero attached hydrogens (tertiary/aromatic N) is 2. The van der Waals surface area contributed by atoms with Crippen molar-refractivity contribution in [2.75, 3.05) is 0 Å². The SMILES string of the molecule is O=C(O)CCn1cnc2scc(-c3ccc(-c4ccccc4)cc3)c2c1=O. The van der Waals surface area contributed by atoms with Gasteiger partial charge in [-0.05, 0) is 16.7 Å². The van der Waals surface area contributed by atoms with Gasteiger partial charge in [-0.3, -0.25) is 14.2 Å². The van der Waals surface area contributed by atoms with Crippen LogP contribution in [0.4, 0.5) is 0 Å². The first-order valence-electron chi connectivity index (χ1n) is 8.48. The highest BCUT2D eigenvalue weighted by atomic mass is 32.1. The van der Waals surface area contributed by atoms with Crippen LogP contribution in [0.1, 0.15) is 6.42 Å². The van der Waals surface area contributed by atoms with Gasteiger partial charge in [0, 0.05) is 17.5 Å². The molecule has 0 unspecified atom stereocenters. The van der Waals surface area contributed by atoms with Gasteiger partial charge in [0.25, 0.3) is 5.56 Å².